The number of carbonyl (C=O) groups is 1. The highest BCUT2D eigenvalue weighted by atomic mass is 32.1. The molecule has 1 saturated heterocycles. The fourth-order valence-corrected chi connectivity index (χ4v) is 3.43. The Kier molecular flexibility index (Phi) is 4.07. The van der Waals surface area contributed by atoms with Gasteiger partial charge in [-0.3, -0.25) is 4.79 Å². The number of rotatable bonds is 3. The zero-order valence-corrected chi connectivity index (χ0v) is 12.2. The summed E-state index contributed by atoms with van der Waals surface area (Å²) in [5.74, 6) is 0.242. The van der Waals surface area contributed by atoms with Crippen LogP contribution < -0.4 is 5.32 Å². The molecule has 2 heterocycles. The van der Waals surface area contributed by atoms with Crippen molar-refractivity contribution in [2.75, 3.05) is 13.6 Å². The number of likely N-dealkylation sites (N-methyl/N-ethyl adjacent to an activating group) is 1. The minimum absolute atomic E-state index is 0.0369. The van der Waals surface area contributed by atoms with Crippen LogP contribution >= 0.6 is 11.3 Å². The maximum absolute atomic E-state index is 12.6. The van der Waals surface area contributed by atoms with Crippen LogP contribution in [0.15, 0.2) is 16.8 Å². The van der Waals surface area contributed by atoms with Crippen LogP contribution in [0.1, 0.15) is 32.3 Å². The first-order valence-corrected chi connectivity index (χ1v) is 7.46. The van der Waals surface area contributed by atoms with Gasteiger partial charge in [0.2, 0.25) is 5.91 Å². The third-order valence-corrected chi connectivity index (χ3v) is 4.56. The minimum Gasteiger partial charge on any atom is -0.337 e. The smallest absolute Gasteiger partial charge is 0.240 e. The number of nitrogens with zero attached hydrogens (tertiary/aromatic N) is 1. The molecular weight excluding hydrogens is 244 g/mol. The van der Waals surface area contributed by atoms with Crippen molar-refractivity contribution < 1.29 is 4.79 Å². The summed E-state index contributed by atoms with van der Waals surface area (Å²) in [7, 11) is 1.89. The van der Waals surface area contributed by atoms with Gasteiger partial charge in [-0.25, -0.2) is 0 Å². The van der Waals surface area contributed by atoms with E-state index in [4.69, 9.17) is 0 Å². The number of thiophene rings is 1. The Labute approximate surface area is 113 Å². The Balaban J connectivity index is 2.14. The lowest BCUT2D eigenvalue weighted by Crippen LogP contribution is -2.50. The van der Waals surface area contributed by atoms with Crippen LogP contribution in [0, 0.1) is 5.41 Å². The van der Waals surface area contributed by atoms with E-state index in [1.54, 1.807) is 11.3 Å². The van der Waals surface area contributed by atoms with E-state index in [1.807, 2.05) is 11.9 Å². The Bertz CT molecular complexity index is 400. The molecule has 4 heteroatoms. The maximum atomic E-state index is 12.6. The van der Waals surface area contributed by atoms with Gasteiger partial charge < -0.3 is 10.2 Å². The molecule has 1 fully saturated rings. The Morgan fingerprint density at radius 2 is 2.33 bits per heavy atom. The van der Waals surface area contributed by atoms with Crippen LogP contribution in [-0.2, 0) is 11.3 Å². The summed E-state index contributed by atoms with van der Waals surface area (Å²) in [6.07, 6.45) is 2.17. The van der Waals surface area contributed by atoms with Gasteiger partial charge in [-0.15, -0.1) is 0 Å². The lowest BCUT2D eigenvalue weighted by molar-refractivity contribution is -0.135. The third kappa shape index (κ3) is 2.75. The molecule has 1 atom stereocenters. The highest BCUT2D eigenvalue weighted by molar-refractivity contribution is 7.07. The molecule has 0 aromatic carbocycles. The predicted molar refractivity (Wildman–Crippen MR) is 75.6 cm³/mol. The van der Waals surface area contributed by atoms with Crippen LogP contribution in [0.2, 0.25) is 0 Å². The molecule has 3 nitrogen and oxygen atoms in total. The van der Waals surface area contributed by atoms with Gasteiger partial charge in [-0.2, -0.15) is 11.3 Å². The standard InChI is InChI=1S/C14H22N2OS/c1-14(2)6-4-7-16(13(17)12(14)15-3)9-11-5-8-18-10-11/h5,8,10,12,15H,4,6-7,9H2,1-3H3. The SMILES string of the molecule is CNC1C(=O)N(Cc2ccsc2)CCCC1(C)C. The molecule has 1 aromatic rings. The fourth-order valence-electron chi connectivity index (χ4n) is 2.77. The summed E-state index contributed by atoms with van der Waals surface area (Å²) in [5.41, 5.74) is 1.28. The Morgan fingerprint density at radius 1 is 1.56 bits per heavy atom. The van der Waals surface area contributed by atoms with Gasteiger partial charge in [0.1, 0.15) is 0 Å². The molecule has 1 aliphatic rings. The van der Waals surface area contributed by atoms with Crippen LogP contribution in [0.25, 0.3) is 0 Å². The second-order valence-corrected chi connectivity index (χ2v) is 6.49. The van der Waals surface area contributed by atoms with E-state index in [-0.39, 0.29) is 17.4 Å². The summed E-state index contributed by atoms with van der Waals surface area (Å²) < 4.78 is 0. The molecular formula is C14H22N2OS. The van der Waals surface area contributed by atoms with E-state index in [1.165, 1.54) is 5.56 Å². The molecule has 1 aliphatic heterocycles. The number of hydrogen-bond acceptors (Lipinski definition) is 3. The van der Waals surface area contributed by atoms with E-state index in [0.717, 1.165) is 25.9 Å². The van der Waals surface area contributed by atoms with E-state index < -0.39 is 0 Å². The third-order valence-electron chi connectivity index (χ3n) is 3.83. The monoisotopic (exact) mass is 266 g/mol. The predicted octanol–water partition coefficient (Wildman–Crippen LogP) is 2.48. The highest BCUT2D eigenvalue weighted by Crippen LogP contribution is 2.31. The first-order chi connectivity index (χ1) is 8.54. The van der Waals surface area contributed by atoms with Crippen LogP contribution in [-0.4, -0.2) is 30.4 Å². The quantitative estimate of drug-likeness (QED) is 0.911. The summed E-state index contributed by atoms with van der Waals surface area (Å²) in [4.78, 5) is 14.6. The molecule has 1 unspecified atom stereocenters. The van der Waals surface area contributed by atoms with E-state index in [9.17, 15) is 4.79 Å². The number of carbonyl (C=O) groups excluding carboxylic acids is 1. The highest BCUT2D eigenvalue weighted by Gasteiger charge is 2.38. The van der Waals surface area contributed by atoms with Gasteiger partial charge in [0.15, 0.2) is 0 Å². The summed E-state index contributed by atoms with van der Waals surface area (Å²) in [6.45, 7) is 5.98. The topological polar surface area (TPSA) is 32.3 Å². The summed E-state index contributed by atoms with van der Waals surface area (Å²) in [6, 6.07) is 2.03. The van der Waals surface area contributed by atoms with Gasteiger partial charge in [0.25, 0.3) is 0 Å². The van der Waals surface area contributed by atoms with Crippen LogP contribution in [0.4, 0.5) is 0 Å². The second-order valence-electron chi connectivity index (χ2n) is 5.71. The molecule has 1 N–H and O–H groups in total. The van der Waals surface area contributed by atoms with Crippen molar-refractivity contribution in [1.82, 2.24) is 10.2 Å². The van der Waals surface area contributed by atoms with E-state index in [0.29, 0.717) is 0 Å². The van der Waals surface area contributed by atoms with Crippen molar-refractivity contribution in [2.24, 2.45) is 5.41 Å². The van der Waals surface area contributed by atoms with Crippen molar-refractivity contribution in [2.45, 2.75) is 39.3 Å². The molecule has 0 aliphatic carbocycles. The summed E-state index contributed by atoms with van der Waals surface area (Å²) in [5, 5.41) is 7.39. The fraction of sp³-hybridized carbons (Fsp3) is 0.643. The number of nitrogens with one attached hydrogen (secondary N) is 1. The second kappa shape index (κ2) is 5.41. The van der Waals surface area contributed by atoms with Crippen molar-refractivity contribution >= 4 is 17.2 Å². The van der Waals surface area contributed by atoms with Gasteiger partial charge >= 0.3 is 0 Å². The molecule has 2 rings (SSSR count). The molecule has 1 amide bonds. The minimum atomic E-state index is -0.0707. The molecule has 18 heavy (non-hydrogen) atoms. The largest absolute Gasteiger partial charge is 0.337 e. The molecule has 1 aromatic heterocycles. The van der Waals surface area contributed by atoms with E-state index >= 15 is 0 Å². The van der Waals surface area contributed by atoms with Crippen LogP contribution in [0.5, 0.6) is 0 Å². The average Bonchev–Trinajstić information content (AvgIpc) is 2.77. The van der Waals surface area contributed by atoms with Gasteiger partial charge in [-0.05, 0) is 47.7 Å². The van der Waals surface area contributed by atoms with E-state index in [2.05, 4.69) is 36.0 Å². The molecule has 0 bridgehead atoms. The molecule has 0 spiro atoms. The van der Waals surface area contributed by atoms with Crippen LogP contribution in [0.3, 0.4) is 0 Å². The zero-order chi connectivity index (χ0) is 13.2. The average molecular weight is 266 g/mol. The number of hydrogen-bond donors (Lipinski definition) is 1. The molecule has 100 valence electrons. The zero-order valence-electron chi connectivity index (χ0n) is 11.4. The molecule has 0 saturated carbocycles. The lowest BCUT2D eigenvalue weighted by atomic mass is 9.80. The summed E-state index contributed by atoms with van der Waals surface area (Å²) >= 11 is 1.69. The van der Waals surface area contributed by atoms with Crippen molar-refractivity contribution in [1.29, 1.82) is 0 Å². The Hall–Kier alpha value is -0.870. The van der Waals surface area contributed by atoms with Crippen molar-refractivity contribution in [3.63, 3.8) is 0 Å². The molecule has 0 radical (unpaired) electrons. The van der Waals surface area contributed by atoms with Crippen molar-refractivity contribution in [3.8, 4) is 0 Å². The normalized spacial score (nSPS) is 24.1. The first-order valence-electron chi connectivity index (χ1n) is 6.52. The van der Waals surface area contributed by atoms with Crippen molar-refractivity contribution in [3.05, 3.63) is 22.4 Å². The number of amides is 1. The number of likely N-dealkylation sites (tertiary alicyclic amines) is 1. The first kappa shape index (κ1) is 13.6. The van der Waals surface area contributed by atoms with Gasteiger partial charge in [0.05, 0.1) is 6.04 Å². The maximum Gasteiger partial charge on any atom is 0.240 e. The Morgan fingerprint density at radius 3 is 2.94 bits per heavy atom. The lowest BCUT2D eigenvalue weighted by Gasteiger charge is -2.32. The van der Waals surface area contributed by atoms with Gasteiger partial charge in [0, 0.05) is 13.1 Å². The van der Waals surface area contributed by atoms with Gasteiger partial charge in [-0.1, -0.05) is 13.8 Å².